The molecule has 2 atom stereocenters. The summed E-state index contributed by atoms with van der Waals surface area (Å²) in [6.07, 6.45) is 2.48. The molecule has 1 aromatic carbocycles. The molecule has 1 aliphatic carbocycles. The van der Waals surface area contributed by atoms with E-state index in [0.717, 1.165) is 0 Å². The quantitative estimate of drug-likeness (QED) is 0.290. The molecule has 1 heterocycles. The molecular weight excluding hydrogens is 468 g/mol. The smallest absolute Gasteiger partial charge is 0.251 e. The number of nitrogens with zero attached hydrogens (tertiary/aromatic N) is 3. The van der Waals surface area contributed by atoms with Gasteiger partial charge in [-0.05, 0) is 52.2 Å². The van der Waals surface area contributed by atoms with Crippen LogP contribution in [0, 0.1) is 24.4 Å². The molecule has 3 rings (SSSR count). The van der Waals surface area contributed by atoms with Crippen molar-refractivity contribution >= 4 is 29.8 Å². The molecule has 2 aromatic rings. The number of alkyl halides is 1. The fourth-order valence-corrected chi connectivity index (χ4v) is 3.66. The number of rotatable bonds is 8. The van der Waals surface area contributed by atoms with Crippen LogP contribution in [0.3, 0.4) is 0 Å². The first-order valence-electron chi connectivity index (χ1n) is 11.2. The first kappa shape index (κ1) is 27.8. The van der Waals surface area contributed by atoms with Gasteiger partial charge in [0.15, 0.2) is 23.3 Å². The van der Waals surface area contributed by atoms with Crippen molar-refractivity contribution in [2.75, 3.05) is 35.8 Å². The van der Waals surface area contributed by atoms with Crippen molar-refractivity contribution in [3.63, 3.8) is 0 Å². The van der Waals surface area contributed by atoms with Crippen molar-refractivity contribution in [2.45, 2.75) is 52.1 Å². The van der Waals surface area contributed by atoms with Gasteiger partial charge in [-0.3, -0.25) is 14.0 Å². The van der Waals surface area contributed by atoms with Crippen LogP contribution >= 0.6 is 0 Å². The van der Waals surface area contributed by atoms with Gasteiger partial charge in [0, 0.05) is 31.2 Å². The van der Waals surface area contributed by atoms with Crippen molar-refractivity contribution in [2.24, 2.45) is 0 Å². The molecule has 1 aliphatic rings. The van der Waals surface area contributed by atoms with E-state index in [-0.39, 0.29) is 24.3 Å². The molecule has 8 nitrogen and oxygen atoms in total. The second-order valence-corrected chi connectivity index (χ2v) is 7.95. The summed E-state index contributed by atoms with van der Waals surface area (Å²) < 4.78 is 50.2. The molecule has 2 unspecified atom stereocenters. The zero-order valence-corrected chi connectivity index (χ0v) is 20.1. The predicted octanol–water partition coefficient (Wildman–Crippen LogP) is 3.97. The summed E-state index contributed by atoms with van der Waals surface area (Å²) in [5.41, 5.74) is 0.862. The molecule has 3 N–H and O–H groups in total. The highest BCUT2D eigenvalue weighted by Gasteiger charge is 2.28. The van der Waals surface area contributed by atoms with Crippen LogP contribution < -0.4 is 20.9 Å². The summed E-state index contributed by atoms with van der Waals surface area (Å²) >= 11 is 0. The Morgan fingerprint density at radius 1 is 1.14 bits per heavy atom. The van der Waals surface area contributed by atoms with Crippen LogP contribution in [0.25, 0.3) is 0 Å². The molecule has 35 heavy (non-hydrogen) atoms. The Morgan fingerprint density at radius 3 is 2.31 bits per heavy atom. The minimum absolute atomic E-state index is 0.0361. The van der Waals surface area contributed by atoms with E-state index in [1.54, 1.807) is 6.92 Å². The molecule has 192 valence electrons. The van der Waals surface area contributed by atoms with Crippen molar-refractivity contribution in [1.29, 1.82) is 0 Å². The molecule has 0 radical (unpaired) electrons. The number of hydrogen-bond acceptors (Lipinski definition) is 6. The minimum Gasteiger partial charge on any atom is -0.358 e. The maximum atomic E-state index is 13.4. The van der Waals surface area contributed by atoms with E-state index in [9.17, 15) is 27.2 Å². The number of carbonyl (C=O) groups excluding carboxylic acids is 2. The van der Waals surface area contributed by atoms with Crippen molar-refractivity contribution in [1.82, 2.24) is 15.3 Å². The maximum Gasteiger partial charge on any atom is 0.251 e. The number of anilines is 3. The first-order valence-corrected chi connectivity index (χ1v) is 11.2. The van der Waals surface area contributed by atoms with Gasteiger partial charge in [-0.2, -0.15) is 4.98 Å². The number of aryl methyl sites for hydroxylation is 1. The van der Waals surface area contributed by atoms with E-state index >= 15 is 0 Å². The highest BCUT2D eigenvalue weighted by Crippen LogP contribution is 2.28. The number of halogens is 4. The average Bonchev–Trinajstić information content (AvgIpc) is 3.25. The van der Waals surface area contributed by atoms with E-state index < -0.39 is 23.4 Å². The summed E-state index contributed by atoms with van der Waals surface area (Å²) in [5, 5.41) is 8.62. The third kappa shape index (κ3) is 7.27. The minimum atomic E-state index is -1.61. The highest BCUT2D eigenvalue weighted by atomic mass is 19.2. The summed E-state index contributed by atoms with van der Waals surface area (Å²) in [6.45, 7) is 5.61. The lowest BCUT2D eigenvalue weighted by molar-refractivity contribution is -0.105. The summed E-state index contributed by atoms with van der Waals surface area (Å²) in [6, 6.07) is 1.09. The van der Waals surface area contributed by atoms with E-state index in [0.29, 0.717) is 67.5 Å². The lowest BCUT2D eigenvalue weighted by Crippen LogP contribution is -2.34. The van der Waals surface area contributed by atoms with Crippen LogP contribution in [0.4, 0.5) is 35.0 Å². The maximum absolute atomic E-state index is 13.4. The van der Waals surface area contributed by atoms with Crippen LogP contribution in [0.1, 0.15) is 49.2 Å². The molecular formula is C23H30F4N6O2. The van der Waals surface area contributed by atoms with Crippen molar-refractivity contribution in [3.8, 4) is 0 Å². The summed E-state index contributed by atoms with van der Waals surface area (Å²) in [5.74, 6) is -4.11. The standard InChI is InChI=1S/C21H25F3N6O2.C2H5F/c1-4-30(3)19-18(25-10-31)11(2)26-21(29-19)28-14-6-5-13(9-14)27-20(32)12-7-15(22)17(24)16(23)8-12;1-2-3/h7-8,10,13-14H,4-6,9H2,1-3H3,(H,25,31)(H,27,32)(H,26,28,29);2H2,1H3. The molecule has 0 aliphatic heterocycles. The summed E-state index contributed by atoms with van der Waals surface area (Å²) in [7, 11) is 1.85. The van der Waals surface area contributed by atoms with Gasteiger partial charge in [-0.25, -0.2) is 18.2 Å². The average molecular weight is 499 g/mol. The number of benzene rings is 1. The predicted molar refractivity (Wildman–Crippen MR) is 126 cm³/mol. The molecule has 0 saturated heterocycles. The van der Waals surface area contributed by atoms with E-state index in [1.165, 1.54) is 6.92 Å². The van der Waals surface area contributed by atoms with Gasteiger partial charge in [-0.1, -0.05) is 0 Å². The van der Waals surface area contributed by atoms with Crippen LogP contribution in [0.2, 0.25) is 0 Å². The molecule has 0 bridgehead atoms. The second kappa shape index (κ2) is 12.9. The molecule has 1 fully saturated rings. The van der Waals surface area contributed by atoms with Gasteiger partial charge in [0.2, 0.25) is 12.4 Å². The molecule has 12 heteroatoms. The fourth-order valence-electron chi connectivity index (χ4n) is 3.66. The molecule has 0 spiro atoms. The fraction of sp³-hybridized carbons (Fsp3) is 0.478. The van der Waals surface area contributed by atoms with E-state index in [2.05, 4.69) is 25.9 Å². The number of nitrogens with one attached hydrogen (secondary N) is 3. The zero-order valence-electron chi connectivity index (χ0n) is 20.1. The Bertz CT molecular complexity index is 1020. The Morgan fingerprint density at radius 2 is 1.74 bits per heavy atom. The van der Waals surface area contributed by atoms with Gasteiger partial charge in [-0.15, -0.1) is 0 Å². The van der Waals surface area contributed by atoms with Gasteiger partial charge >= 0.3 is 0 Å². The highest BCUT2D eigenvalue weighted by molar-refractivity contribution is 5.94. The largest absolute Gasteiger partial charge is 0.358 e. The summed E-state index contributed by atoms with van der Waals surface area (Å²) in [4.78, 5) is 34.1. The normalized spacial score (nSPS) is 16.7. The van der Waals surface area contributed by atoms with Crippen LogP contribution in [-0.2, 0) is 4.79 Å². The Kier molecular flexibility index (Phi) is 10.2. The lowest BCUT2D eigenvalue weighted by atomic mass is 10.1. The van der Waals surface area contributed by atoms with E-state index in [4.69, 9.17) is 0 Å². The monoisotopic (exact) mass is 498 g/mol. The van der Waals surface area contributed by atoms with Crippen molar-refractivity contribution < 1.29 is 27.2 Å². The van der Waals surface area contributed by atoms with Crippen LogP contribution in [0.15, 0.2) is 12.1 Å². The molecule has 2 amide bonds. The van der Waals surface area contributed by atoms with Crippen LogP contribution in [-0.4, -0.2) is 54.6 Å². The number of amides is 2. The number of carbonyl (C=O) groups is 2. The molecule has 1 aromatic heterocycles. The zero-order chi connectivity index (χ0) is 26.1. The Balaban J connectivity index is 0.00000137. The lowest BCUT2D eigenvalue weighted by Gasteiger charge is -2.22. The number of aromatic nitrogens is 2. The first-order chi connectivity index (χ1) is 16.6. The van der Waals surface area contributed by atoms with Gasteiger partial charge in [0.1, 0.15) is 5.69 Å². The van der Waals surface area contributed by atoms with Gasteiger partial charge in [0.05, 0.1) is 12.4 Å². The van der Waals surface area contributed by atoms with Gasteiger partial charge < -0.3 is 20.9 Å². The van der Waals surface area contributed by atoms with Crippen LogP contribution in [0.5, 0.6) is 0 Å². The third-order valence-electron chi connectivity index (χ3n) is 5.46. The molecule has 1 saturated carbocycles. The second-order valence-electron chi connectivity index (χ2n) is 7.95. The topological polar surface area (TPSA) is 99.2 Å². The Hall–Kier alpha value is -3.44. The van der Waals surface area contributed by atoms with Gasteiger partial charge in [0.25, 0.3) is 5.91 Å². The third-order valence-corrected chi connectivity index (χ3v) is 5.46. The van der Waals surface area contributed by atoms with E-state index in [1.807, 2.05) is 18.9 Å². The number of hydrogen-bond donors (Lipinski definition) is 3. The Labute approximate surface area is 201 Å². The SMILES string of the molecule is CCF.CCN(C)c1nc(NC2CCC(NC(=O)c3cc(F)c(F)c(F)c3)C2)nc(C)c1NC=O. The van der Waals surface area contributed by atoms with Crippen molar-refractivity contribution in [3.05, 3.63) is 40.8 Å².